The van der Waals surface area contributed by atoms with Gasteiger partial charge in [-0.1, -0.05) is 30.0 Å². The van der Waals surface area contributed by atoms with Crippen molar-refractivity contribution in [2.24, 2.45) is 5.73 Å². The lowest BCUT2D eigenvalue weighted by atomic mass is 10.1. The standard InChI is InChI=1S/C18H19FN2/c1-2-21(18-8-4-3-5-9-18)14-16-11-15(7-6-10-20)12-17(19)13-16/h3-5,8-9,11-13H,2,10,14,20H2,1H3. The highest BCUT2D eigenvalue weighted by Crippen LogP contribution is 2.18. The molecule has 108 valence electrons. The summed E-state index contributed by atoms with van der Waals surface area (Å²) in [6, 6.07) is 15.0. The summed E-state index contributed by atoms with van der Waals surface area (Å²) in [6.45, 7) is 3.86. The van der Waals surface area contributed by atoms with E-state index in [0.717, 1.165) is 17.8 Å². The van der Waals surface area contributed by atoms with Crippen LogP contribution in [-0.2, 0) is 6.54 Å². The predicted molar refractivity (Wildman–Crippen MR) is 85.5 cm³/mol. The summed E-state index contributed by atoms with van der Waals surface area (Å²) in [5.74, 6) is 5.37. The molecule has 0 saturated heterocycles. The number of hydrogen-bond acceptors (Lipinski definition) is 2. The summed E-state index contributed by atoms with van der Waals surface area (Å²) < 4.78 is 13.7. The van der Waals surface area contributed by atoms with Crippen LogP contribution in [0.5, 0.6) is 0 Å². The minimum absolute atomic E-state index is 0.266. The first-order valence-corrected chi connectivity index (χ1v) is 7.01. The van der Waals surface area contributed by atoms with Gasteiger partial charge in [0.05, 0.1) is 6.54 Å². The molecule has 0 aliphatic heterocycles. The molecule has 2 rings (SSSR count). The maximum atomic E-state index is 13.7. The van der Waals surface area contributed by atoms with Gasteiger partial charge >= 0.3 is 0 Å². The summed E-state index contributed by atoms with van der Waals surface area (Å²) >= 11 is 0. The molecule has 21 heavy (non-hydrogen) atoms. The molecule has 2 aromatic carbocycles. The molecule has 0 atom stereocenters. The summed E-state index contributed by atoms with van der Waals surface area (Å²) in [6.07, 6.45) is 0. The minimum Gasteiger partial charge on any atom is -0.367 e. The summed E-state index contributed by atoms with van der Waals surface area (Å²) in [4.78, 5) is 2.19. The normalized spacial score (nSPS) is 9.86. The lowest BCUT2D eigenvalue weighted by Crippen LogP contribution is -2.21. The van der Waals surface area contributed by atoms with E-state index in [0.29, 0.717) is 12.1 Å². The minimum atomic E-state index is -0.266. The van der Waals surface area contributed by atoms with Gasteiger partial charge in [0.1, 0.15) is 5.82 Å². The van der Waals surface area contributed by atoms with Crippen LogP contribution in [-0.4, -0.2) is 13.1 Å². The summed E-state index contributed by atoms with van der Waals surface area (Å²) in [7, 11) is 0. The van der Waals surface area contributed by atoms with Gasteiger partial charge in [0, 0.05) is 24.3 Å². The number of halogens is 1. The molecule has 0 aromatic heterocycles. The van der Waals surface area contributed by atoms with Gasteiger partial charge in [-0.15, -0.1) is 0 Å². The van der Waals surface area contributed by atoms with Gasteiger partial charge in [0.2, 0.25) is 0 Å². The SMILES string of the molecule is CCN(Cc1cc(F)cc(C#CCN)c1)c1ccccc1. The Morgan fingerprint density at radius 1 is 1.14 bits per heavy atom. The Labute approximate surface area is 125 Å². The Morgan fingerprint density at radius 3 is 2.57 bits per heavy atom. The van der Waals surface area contributed by atoms with Crippen LogP contribution in [0.25, 0.3) is 0 Å². The molecule has 2 aromatic rings. The van der Waals surface area contributed by atoms with Crippen molar-refractivity contribution in [2.75, 3.05) is 18.0 Å². The van der Waals surface area contributed by atoms with Crippen LogP contribution < -0.4 is 10.6 Å². The predicted octanol–water partition coefficient (Wildman–Crippen LogP) is 3.16. The third kappa shape index (κ3) is 4.34. The van der Waals surface area contributed by atoms with E-state index < -0.39 is 0 Å². The van der Waals surface area contributed by atoms with E-state index >= 15 is 0 Å². The molecule has 0 fully saturated rings. The van der Waals surface area contributed by atoms with Crippen LogP contribution in [0.4, 0.5) is 10.1 Å². The highest BCUT2D eigenvalue weighted by molar-refractivity contribution is 5.47. The fourth-order valence-electron chi connectivity index (χ4n) is 2.21. The molecule has 0 unspecified atom stereocenters. The van der Waals surface area contributed by atoms with Crippen molar-refractivity contribution in [3.63, 3.8) is 0 Å². The number of hydrogen-bond donors (Lipinski definition) is 1. The molecular formula is C18H19FN2. The third-order valence-electron chi connectivity index (χ3n) is 3.17. The van der Waals surface area contributed by atoms with Crippen molar-refractivity contribution >= 4 is 5.69 Å². The van der Waals surface area contributed by atoms with E-state index in [9.17, 15) is 4.39 Å². The summed E-state index contributed by atoms with van der Waals surface area (Å²) in [5.41, 5.74) is 8.05. The molecule has 2 nitrogen and oxygen atoms in total. The molecule has 0 heterocycles. The average molecular weight is 282 g/mol. The number of anilines is 1. The molecule has 0 aliphatic rings. The van der Waals surface area contributed by atoms with Crippen LogP contribution in [0, 0.1) is 17.7 Å². The van der Waals surface area contributed by atoms with Crippen LogP contribution >= 0.6 is 0 Å². The molecule has 0 bridgehead atoms. The summed E-state index contributed by atoms with van der Waals surface area (Å²) in [5, 5.41) is 0. The Balaban J connectivity index is 2.23. The highest BCUT2D eigenvalue weighted by Gasteiger charge is 2.06. The molecule has 0 radical (unpaired) electrons. The van der Waals surface area contributed by atoms with Crippen molar-refractivity contribution in [3.8, 4) is 11.8 Å². The molecule has 0 saturated carbocycles. The second-order valence-corrected chi connectivity index (χ2v) is 4.70. The van der Waals surface area contributed by atoms with Crippen molar-refractivity contribution < 1.29 is 4.39 Å². The van der Waals surface area contributed by atoms with E-state index in [-0.39, 0.29) is 12.4 Å². The maximum absolute atomic E-state index is 13.7. The molecule has 0 aliphatic carbocycles. The van der Waals surface area contributed by atoms with Crippen molar-refractivity contribution in [1.82, 2.24) is 0 Å². The highest BCUT2D eigenvalue weighted by atomic mass is 19.1. The van der Waals surface area contributed by atoms with Crippen LogP contribution in [0.2, 0.25) is 0 Å². The number of benzene rings is 2. The number of rotatable bonds is 4. The van der Waals surface area contributed by atoms with Gasteiger partial charge in [0.15, 0.2) is 0 Å². The van der Waals surface area contributed by atoms with Gasteiger partial charge < -0.3 is 10.6 Å². The zero-order valence-electron chi connectivity index (χ0n) is 12.1. The smallest absolute Gasteiger partial charge is 0.124 e. The average Bonchev–Trinajstić information content (AvgIpc) is 2.51. The topological polar surface area (TPSA) is 29.3 Å². The van der Waals surface area contributed by atoms with Crippen LogP contribution in [0.1, 0.15) is 18.1 Å². The first-order chi connectivity index (χ1) is 10.2. The lowest BCUT2D eigenvalue weighted by molar-refractivity contribution is 0.624. The number of nitrogens with zero attached hydrogens (tertiary/aromatic N) is 1. The monoisotopic (exact) mass is 282 g/mol. The Kier molecular flexibility index (Phi) is 5.36. The second kappa shape index (κ2) is 7.47. The van der Waals surface area contributed by atoms with E-state index in [1.807, 2.05) is 24.3 Å². The molecule has 0 amide bonds. The lowest BCUT2D eigenvalue weighted by Gasteiger charge is -2.23. The zero-order chi connectivity index (χ0) is 15.1. The Bertz CT molecular complexity index is 641. The maximum Gasteiger partial charge on any atom is 0.124 e. The van der Waals surface area contributed by atoms with Crippen molar-refractivity contribution in [3.05, 3.63) is 65.5 Å². The van der Waals surface area contributed by atoms with Crippen molar-refractivity contribution in [1.29, 1.82) is 0 Å². The second-order valence-electron chi connectivity index (χ2n) is 4.70. The first kappa shape index (κ1) is 15.1. The van der Waals surface area contributed by atoms with Crippen LogP contribution in [0.3, 0.4) is 0 Å². The van der Waals surface area contributed by atoms with Crippen molar-refractivity contribution in [2.45, 2.75) is 13.5 Å². The van der Waals surface area contributed by atoms with E-state index in [2.05, 4.69) is 35.8 Å². The Morgan fingerprint density at radius 2 is 1.90 bits per heavy atom. The van der Waals surface area contributed by atoms with Gasteiger partial charge in [-0.25, -0.2) is 4.39 Å². The third-order valence-corrected chi connectivity index (χ3v) is 3.17. The van der Waals surface area contributed by atoms with Gasteiger partial charge in [0.25, 0.3) is 0 Å². The number of para-hydroxylation sites is 1. The quantitative estimate of drug-likeness (QED) is 0.873. The molecule has 3 heteroatoms. The van der Waals surface area contributed by atoms with Gasteiger partial charge in [-0.3, -0.25) is 0 Å². The fourth-order valence-corrected chi connectivity index (χ4v) is 2.21. The fraction of sp³-hybridized carbons (Fsp3) is 0.222. The van der Waals surface area contributed by atoms with Gasteiger partial charge in [-0.2, -0.15) is 0 Å². The largest absolute Gasteiger partial charge is 0.367 e. The molecule has 0 spiro atoms. The Hall–Kier alpha value is -2.31. The van der Waals surface area contributed by atoms with E-state index in [1.54, 1.807) is 6.07 Å². The zero-order valence-corrected chi connectivity index (χ0v) is 12.1. The van der Waals surface area contributed by atoms with Crippen LogP contribution in [0.15, 0.2) is 48.5 Å². The van der Waals surface area contributed by atoms with Gasteiger partial charge in [-0.05, 0) is 42.8 Å². The van der Waals surface area contributed by atoms with E-state index in [4.69, 9.17) is 5.73 Å². The molecular weight excluding hydrogens is 263 g/mol. The number of nitrogens with two attached hydrogens (primary N) is 1. The first-order valence-electron chi connectivity index (χ1n) is 7.01. The van der Waals surface area contributed by atoms with E-state index in [1.165, 1.54) is 6.07 Å². The molecule has 2 N–H and O–H groups in total.